The average molecular weight is 412 g/mol. The summed E-state index contributed by atoms with van der Waals surface area (Å²) in [6.07, 6.45) is 0. The Balaban J connectivity index is 1.44. The van der Waals surface area contributed by atoms with Crippen LogP contribution in [0.5, 0.6) is 0 Å². The molecular formula is C24H20N4O3. The van der Waals surface area contributed by atoms with E-state index in [0.717, 1.165) is 11.4 Å². The molecule has 7 heteroatoms. The second kappa shape index (κ2) is 8.96. The van der Waals surface area contributed by atoms with Gasteiger partial charge in [-0.25, -0.2) is 0 Å². The van der Waals surface area contributed by atoms with Gasteiger partial charge in [0.15, 0.2) is 0 Å². The lowest BCUT2D eigenvalue weighted by atomic mass is 10.1. The van der Waals surface area contributed by atoms with E-state index in [-0.39, 0.29) is 11.7 Å². The number of carbonyl (C=O) groups is 2. The SMILES string of the molecule is Cc1cc(C(=O)Nc2ccccc2C(=O)Nc2ccc(Nc3ccccc3)cc2)on1. The topological polar surface area (TPSA) is 96.3 Å². The van der Waals surface area contributed by atoms with E-state index in [1.54, 1.807) is 31.2 Å². The fourth-order valence-corrected chi connectivity index (χ4v) is 2.97. The van der Waals surface area contributed by atoms with Crippen LogP contribution in [-0.2, 0) is 0 Å². The van der Waals surface area contributed by atoms with Gasteiger partial charge < -0.3 is 20.5 Å². The van der Waals surface area contributed by atoms with E-state index >= 15 is 0 Å². The maximum atomic E-state index is 12.8. The van der Waals surface area contributed by atoms with E-state index in [9.17, 15) is 9.59 Å². The van der Waals surface area contributed by atoms with Crippen molar-refractivity contribution in [1.82, 2.24) is 5.16 Å². The number of nitrogens with one attached hydrogen (secondary N) is 3. The molecule has 1 aromatic heterocycles. The summed E-state index contributed by atoms with van der Waals surface area (Å²) in [4.78, 5) is 25.2. The van der Waals surface area contributed by atoms with Crippen LogP contribution in [-0.4, -0.2) is 17.0 Å². The molecule has 0 radical (unpaired) electrons. The van der Waals surface area contributed by atoms with Gasteiger partial charge in [0.1, 0.15) is 0 Å². The van der Waals surface area contributed by atoms with Crippen LogP contribution in [0.1, 0.15) is 26.6 Å². The van der Waals surface area contributed by atoms with Gasteiger partial charge in [-0.1, -0.05) is 35.5 Å². The highest BCUT2D eigenvalue weighted by atomic mass is 16.5. The molecule has 0 aliphatic heterocycles. The number of benzene rings is 3. The number of para-hydroxylation sites is 2. The lowest BCUT2D eigenvalue weighted by Crippen LogP contribution is -2.18. The third kappa shape index (κ3) is 4.97. The largest absolute Gasteiger partial charge is 0.356 e. The number of rotatable bonds is 6. The molecule has 0 fully saturated rings. The minimum Gasteiger partial charge on any atom is -0.356 e. The van der Waals surface area contributed by atoms with Crippen LogP contribution >= 0.6 is 0 Å². The molecule has 0 aliphatic rings. The minimum atomic E-state index is -0.475. The van der Waals surface area contributed by atoms with Crippen molar-refractivity contribution in [3.8, 4) is 0 Å². The Morgan fingerprint density at radius 3 is 2.10 bits per heavy atom. The first-order valence-corrected chi connectivity index (χ1v) is 9.66. The van der Waals surface area contributed by atoms with Crippen LogP contribution < -0.4 is 16.0 Å². The first kappa shape index (κ1) is 19.9. The zero-order valence-electron chi connectivity index (χ0n) is 16.8. The van der Waals surface area contributed by atoms with Crippen molar-refractivity contribution >= 4 is 34.6 Å². The molecule has 0 bridgehead atoms. The number of hydrogen-bond acceptors (Lipinski definition) is 5. The molecule has 4 rings (SSSR count). The summed E-state index contributed by atoms with van der Waals surface area (Å²) in [5.41, 5.74) is 3.82. The summed E-state index contributed by atoms with van der Waals surface area (Å²) < 4.78 is 4.98. The van der Waals surface area contributed by atoms with E-state index in [1.165, 1.54) is 6.07 Å². The number of aryl methyl sites for hydroxylation is 1. The van der Waals surface area contributed by atoms with Crippen LogP contribution in [0.25, 0.3) is 0 Å². The summed E-state index contributed by atoms with van der Waals surface area (Å²) in [5.74, 6) is -0.736. The molecule has 2 amide bonds. The number of hydrogen-bond donors (Lipinski definition) is 3. The Kier molecular flexibility index (Phi) is 5.75. The predicted octanol–water partition coefficient (Wildman–Crippen LogP) is 5.23. The molecule has 31 heavy (non-hydrogen) atoms. The van der Waals surface area contributed by atoms with Crippen LogP contribution in [0, 0.1) is 6.92 Å². The molecule has 0 saturated heterocycles. The van der Waals surface area contributed by atoms with Crippen LogP contribution in [0.2, 0.25) is 0 Å². The second-order valence-electron chi connectivity index (χ2n) is 6.85. The number of amides is 2. The van der Waals surface area contributed by atoms with Crippen LogP contribution in [0.4, 0.5) is 22.7 Å². The highest BCUT2D eigenvalue weighted by Crippen LogP contribution is 2.21. The zero-order chi connectivity index (χ0) is 21.6. The summed E-state index contributed by atoms with van der Waals surface area (Å²) >= 11 is 0. The molecule has 3 aromatic carbocycles. The highest BCUT2D eigenvalue weighted by molar-refractivity contribution is 6.12. The molecule has 154 valence electrons. The number of anilines is 4. The van der Waals surface area contributed by atoms with Gasteiger partial charge in [-0.2, -0.15) is 0 Å². The van der Waals surface area contributed by atoms with Gasteiger partial charge in [0, 0.05) is 23.1 Å². The Morgan fingerprint density at radius 1 is 0.742 bits per heavy atom. The van der Waals surface area contributed by atoms with Crippen LogP contribution in [0.15, 0.2) is 89.5 Å². The quantitative estimate of drug-likeness (QED) is 0.403. The average Bonchev–Trinajstić information content (AvgIpc) is 3.23. The van der Waals surface area contributed by atoms with Crippen molar-refractivity contribution < 1.29 is 14.1 Å². The van der Waals surface area contributed by atoms with Gasteiger partial charge in [0.05, 0.1) is 16.9 Å². The van der Waals surface area contributed by atoms with Crippen molar-refractivity contribution in [3.05, 3.63) is 102 Å². The molecule has 0 spiro atoms. The summed E-state index contributed by atoms with van der Waals surface area (Å²) in [6.45, 7) is 1.72. The minimum absolute atomic E-state index is 0.0780. The molecule has 0 saturated carbocycles. The standard InChI is InChI=1S/C24H20N4O3/c1-16-15-22(31-28-16)24(30)27-21-10-6-5-9-20(21)23(29)26-19-13-11-18(12-14-19)25-17-7-3-2-4-8-17/h2-15,25H,1H3,(H,26,29)(H,27,30). The first-order valence-electron chi connectivity index (χ1n) is 9.66. The number of nitrogens with zero attached hydrogens (tertiary/aromatic N) is 1. The molecule has 0 aliphatic carbocycles. The number of carbonyl (C=O) groups excluding carboxylic acids is 2. The highest BCUT2D eigenvalue weighted by Gasteiger charge is 2.17. The molecule has 3 N–H and O–H groups in total. The van der Waals surface area contributed by atoms with Crippen molar-refractivity contribution in [2.75, 3.05) is 16.0 Å². The van der Waals surface area contributed by atoms with E-state index in [1.807, 2.05) is 54.6 Å². The van der Waals surface area contributed by atoms with Crippen LogP contribution in [0.3, 0.4) is 0 Å². The summed E-state index contributed by atoms with van der Waals surface area (Å²) in [7, 11) is 0. The normalized spacial score (nSPS) is 10.4. The van der Waals surface area contributed by atoms with E-state index in [2.05, 4.69) is 21.1 Å². The van der Waals surface area contributed by atoms with Gasteiger partial charge in [0.2, 0.25) is 5.76 Å². The van der Waals surface area contributed by atoms with Crippen molar-refractivity contribution in [2.45, 2.75) is 6.92 Å². The Labute approximate surface area is 179 Å². The van der Waals surface area contributed by atoms with Crippen molar-refractivity contribution in [3.63, 3.8) is 0 Å². The summed E-state index contributed by atoms with van der Waals surface area (Å²) in [5, 5.41) is 12.5. The third-order valence-corrected chi connectivity index (χ3v) is 4.48. The Morgan fingerprint density at radius 2 is 1.39 bits per heavy atom. The fraction of sp³-hybridized carbons (Fsp3) is 0.0417. The monoisotopic (exact) mass is 412 g/mol. The molecule has 4 aromatic rings. The maximum Gasteiger partial charge on any atom is 0.294 e. The Bertz CT molecular complexity index is 1200. The number of aromatic nitrogens is 1. The molecule has 0 unspecified atom stereocenters. The smallest absolute Gasteiger partial charge is 0.294 e. The van der Waals surface area contributed by atoms with E-state index in [0.29, 0.717) is 22.6 Å². The second-order valence-corrected chi connectivity index (χ2v) is 6.85. The van der Waals surface area contributed by atoms with Crippen molar-refractivity contribution in [2.24, 2.45) is 0 Å². The fourth-order valence-electron chi connectivity index (χ4n) is 2.97. The van der Waals surface area contributed by atoms with Gasteiger partial charge in [-0.3, -0.25) is 9.59 Å². The van der Waals surface area contributed by atoms with Gasteiger partial charge >= 0.3 is 0 Å². The lowest BCUT2D eigenvalue weighted by molar-refractivity contribution is 0.0988. The molecule has 0 atom stereocenters. The Hall–Kier alpha value is -4.39. The molecular weight excluding hydrogens is 392 g/mol. The van der Waals surface area contributed by atoms with Gasteiger partial charge in [0.25, 0.3) is 11.8 Å². The first-order chi connectivity index (χ1) is 15.1. The van der Waals surface area contributed by atoms with E-state index < -0.39 is 5.91 Å². The third-order valence-electron chi connectivity index (χ3n) is 4.48. The van der Waals surface area contributed by atoms with Crippen molar-refractivity contribution in [1.29, 1.82) is 0 Å². The zero-order valence-corrected chi connectivity index (χ0v) is 16.8. The molecule has 1 heterocycles. The molecule has 7 nitrogen and oxygen atoms in total. The lowest BCUT2D eigenvalue weighted by Gasteiger charge is -2.11. The predicted molar refractivity (Wildman–Crippen MR) is 120 cm³/mol. The van der Waals surface area contributed by atoms with Gasteiger partial charge in [-0.05, 0) is 55.5 Å². The maximum absolute atomic E-state index is 12.8. The van der Waals surface area contributed by atoms with Gasteiger partial charge in [-0.15, -0.1) is 0 Å². The summed E-state index contributed by atoms with van der Waals surface area (Å²) in [6, 6.07) is 25.5. The van der Waals surface area contributed by atoms with E-state index in [4.69, 9.17) is 4.52 Å².